The molecule has 1 unspecified atom stereocenters. The first kappa shape index (κ1) is 12.1. The van der Waals surface area contributed by atoms with Crippen LogP contribution in [0.2, 0.25) is 0 Å². The topological polar surface area (TPSA) is 29.3 Å². The molecule has 2 aromatic rings. The zero-order valence-corrected chi connectivity index (χ0v) is 10.9. The molecule has 0 fully saturated rings. The monoisotopic (exact) mass is 231 g/mol. The first-order valence-corrected chi connectivity index (χ1v) is 6.39. The normalized spacial score (nSPS) is 13.4. The maximum Gasteiger partial charge on any atom is 0.0709 e. The minimum atomic E-state index is 0.384. The fourth-order valence-electron chi connectivity index (χ4n) is 2.20. The van der Waals surface area contributed by atoms with Crippen LogP contribution in [-0.4, -0.2) is 16.2 Å². The first-order chi connectivity index (χ1) is 8.24. The molecule has 3 heteroatoms. The molecule has 0 saturated heterocycles. The third-order valence-electron chi connectivity index (χ3n) is 3.07. The highest BCUT2D eigenvalue weighted by Gasteiger charge is 2.18. The first-order valence-electron chi connectivity index (χ1n) is 6.39. The van der Waals surface area contributed by atoms with Gasteiger partial charge in [-0.25, -0.2) is 4.52 Å². The second-order valence-corrected chi connectivity index (χ2v) is 4.81. The average molecular weight is 231 g/mol. The summed E-state index contributed by atoms with van der Waals surface area (Å²) >= 11 is 0. The zero-order chi connectivity index (χ0) is 12.3. The molecular formula is C14H21N3. The van der Waals surface area contributed by atoms with E-state index in [4.69, 9.17) is 0 Å². The predicted octanol–water partition coefficient (Wildman–Crippen LogP) is 3.03. The lowest BCUT2D eigenvalue weighted by Gasteiger charge is -2.21. The molecule has 17 heavy (non-hydrogen) atoms. The second kappa shape index (κ2) is 5.32. The summed E-state index contributed by atoms with van der Waals surface area (Å²) in [6.07, 6.45) is 5.14. The summed E-state index contributed by atoms with van der Waals surface area (Å²) in [6.45, 7) is 7.74. The van der Waals surface area contributed by atoms with E-state index in [0.29, 0.717) is 12.0 Å². The molecule has 0 radical (unpaired) electrons. The number of nitrogens with one attached hydrogen (secondary N) is 1. The molecule has 0 amide bonds. The maximum absolute atomic E-state index is 4.41. The Morgan fingerprint density at radius 3 is 2.88 bits per heavy atom. The molecule has 2 rings (SSSR count). The van der Waals surface area contributed by atoms with Crippen LogP contribution in [0.4, 0.5) is 0 Å². The number of aromatic nitrogens is 2. The van der Waals surface area contributed by atoms with Crippen molar-refractivity contribution in [2.45, 2.75) is 33.2 Å². The van der Waals surface area contributed by atoms with E-state index in [2.05, 4.69) is 43.3 Å². The van der Waals surface area contributed by atoms with E-state index in [1.807, 2.05) is 23.0 Å². The van der Waals surface area contributed by atoms with Crippen molar-refractivity contribution in [1.82, 2.24) is 14.9 Å². The van der Waals surface area contributed by atoms with Gasteiger partial charge in [0.25, 0.3) is 0 Å². The van der Waals surface area contributed by atoms with Crippen molar-refractivity contribution in [1.29, 1.82) is 0 Å². The fourth-order valence-corrected chi connectivity index (χ4v) is 2.20. The van der Waals surface area contributed by atoms with E-state index in [1.54, 1.807) is 0 Å². The molecule has 0 aliphatic carbocycles. The molecule has 0 saturated carbocycles. The van der Waals surface area contributed by atoms with Crippen molar-refractivity contribution in [2.24, 2.45) is 5.92 Å². The van der Waals surface area contributed by atoms with Gasteiger partial charge in [-0.1, -0.05) is 26.8 Å². The molecule has 3 nitrogen and oxygen atoms in total. The van der Waals surface area contributed by atoms with Gasteiger partial charge in [-0.15, -0.1) is 0 Å². The Kier molecular flexibility index (Phi) is 3.79. The third kappa shape index (κ3) is 2.50. The van der Waals surface area contributed by atoms with Crippen LogP contribution in [-0.2, 0) is 0 Å². The van der Waals surface area contributed by atoms with Gasteiger partial charge in [0.1, 0.15) is 0 Å². The molecule has 0 aliphatic heterocycles. The summed E-state index contributed by atoms with van der Waals surface area (Å²) in [6, 6.07) is 6.59. The Balaban J connectivity index is 2.34. The predicted molar refractivity (Wildman–Crippen MR) is 71.1 cm³/mol. The SMILES string of the molecule is CCCNC(c1cnn2ccccc12)C(C)C. The highest BCUT2D eigenvalue weighted by Crippen LogP contribution is 2.25. The molecule has 0 spiro atoms. The Morgan fingerprint density at radius 1 is 1.35 bits per heavy atom. The zero-order valence-electron chi connectivity index (χ0n) is 10.9. The summed E-state index contributed by atoms with van der Waals surface area (Å²) in [5.41, 5.74) is 2.50. The standard InChI is InChI=1S/C14H21N3/c1-4-8-15-14(11(2)3)12-10-16-17-9-6-5-7-13(12)17/h5-7,9-11,14-15H,4,8H2,1-3H3. The molecule has 1 N–H and O–H groups in total. The molecule has 2 aromatic heterocycles. The van der Waals surface area contributed by atoms with E-state index >= 15 is 0 Å². The van der Waals surface area contributed by atoms with Crippen LogP contribution < -0.4 is 5.32 Å². The molecule has 0 aromatic carbocycles. The number of pyridine rings is 1. The summed E-state index contributed by atoms with van der Waals surface area (Å²) in [7, 11) is 0. The van der Waals surface area contributed by atoms with Gasteiger partial charge < -0.3 is 5.32 Å². The van der Waals surface area contributed by atoms with Crippen molar-refractivity contribution >= 4 is 5.52 Å². The number of hydrogen-bond acceptors (Lipinski definition) is 2. The average Bonchev–Trinajstić information content (AvgIpc) is 2.73. The fraction of sp³-hybridized carbons (Fsp3) is 0.500. The Hall–Kier alpha value is -1.35. The van der Waals surface area contributed by atoms with E-state index in [1.165, 1.54) is 11.1 Å². The summed E-state index contributed by atoms with van der Waals surface area (Å²) in [4.78, 5) is 0. The molecule has 2 heterocycles. The maximum atomic E-state index is 4.41. The van der Waals surface area contributed by atoms with Crippen LogP contribution >= 0.6 is 0 Å². The highest BCUT2D eigenvalue weighted by molar-refractivity contribution is 5.54. The van der Waals surface area contributed by atoms with Crippen LogP contribution in [0.1, 0.15) is 38.8 Å². The Bertz CT molecular complexity index is 473. The van der Waals surface area contributed by atoms with Crippen molar-refractivity contribution in [3.05, 3.63) is 36.2 Å². The summed E-state index contributed by atoms with van der Waals surface area (Å²) < 4.78 is 1.94. The lowest BCUT2D eigenvalue weighted by Crippen LogP contribution is -2.26. The Labute approximate surface area is 103 Å². The van der Waals surface area contributed by atoms with E-state index in [9.17, 15) is 0 Å². The smallest absolute Gasteiger partial charge is 0.0709 e. The number of nitrogens with zero attached hydrogens (tertiary/aromatic N) is 2. The second-order valence-electron chi connectivity index (χ2n) is 4.81. The van der Waals surface area contributed by atoms with Gasteiger partial charge >= 0.3 is 0 Å². The quantitative estimate of drug-likeness (QED) is 0.857. The lowest BCUT2D eigenvalue weighted by molar-refractivity contribution is 0.415. The highest BCUT2D eigenvalue weighted by atomic mass is 15.2. The van der Waals surface area contributed by atoms with Crippen LogP contribution in [0, 0.1) is 5.92 Å². The summed E-state index contributed by atoms with van der Waals surface area (Å²) in [5.74, 6) is 0.565. The van der Waals surface area contributed by atoms with Crippen LogP contribution in [0.15, 0.2) is 30.6 Å². The number of fused-ring (bicyclic) bond motifs is 1. The number of hydrogen-bond donors (Lipinski definition) is 1. The van der Waals surface area contributed by atoms with Crippen molar-refractivity contribution in [3.8, 4) is 0 Å². The minimum absolute atomic E-state index is 0.384. The Morgan fingerprint density at radius 2 is 2.18 bits per heavy atom. The minimum Gasteiger partial charge on any atom is -0.310 e. The van der Waals surface area contributed by atoms with E-state index < -0.39 is 0 Å². The van der Waals surface area contributed by atoms with Crippen molar-refractivity contribution in [3.63, 3.8) is 0 Å². The lowest BCUT2D eigenvalue weighted by atomic mass is 9.97. The van der Waals surface area contributed by atoms with E-state index in [-0.39, 0.29) is 0 Å². The van der Waals surface area contributed by atoms with Crippen molar-refractivity contribution < 1.29 is 0 Å². The van der Waals surface area contributed by atoms with Gasteiger partial charge in [-0.2, -0.15) is 5.10 Å². The van der Waals surface area contributed by atoms with Crippen LogP contribution in [0.25, 0.3) is 5.52 Å². The summed E-state index contributed by atoms with van der Waals surface area (Å²) in [5, 5.41) is 8.02. The van der Waals surface area contributed by atoms with Gasteiger partial charge in [-0.05, 0) is 31.0 Å². The van der Waals surface area contributed by atoms with Gasteiger partial charge in [-0.3, -0.25) is 0 Å². The molecule has 1 atom stereocenters. The molecule has 0 bridgehead atoms. The number of rotatable bonds is 5. The third-order valence-corrected chi connectivity index (χ3v) is 3.07. The van der Waals surface area contributed by atoms with Crippen LogP contribution in [0.3, 0.4) is 0 Å². The molecular weight excluding hydrogens is 210 g/mol. The largest absolute Gasteiger partial charge is 0.310 e. The van der Waals surface area contributed by atoms with Gasteiger partial charge in [0.2, 0.25) is 0 Å². The van der Waals surface area contributed by atoms with Crippen LogP contribution in [0.5, 0.6) is 0 Å². The molecule has 92 valence electrons. The van der Waals surface area contributed by atoms with Crippen molar-refractivity contribution in [2.75, 3.05) is 6.54 Å². The van der Waals surface area contributed by atoms with Gasteiger partial charge in [0, 0.05) is 17.8 Å². The molecule has 0 aliphatic rings. The van der Waals surface area contributed by atoms with Gasteiger partial charge in [0.05, 0.1) is 11.7 Å². The van der Waals surface area contributed by atoms with E-state index in [0.717, 1.165) is 13.0 Å². The van der Waals surface area contributed by atoms with Gasteiger partial charge in [0.15, 0.2) is 0 Å².